The highest BCUT2D eigenvalue weighted by Gasteiger charge is 2.44. The van der Waals surface area contributed by atoms with Gasteiger partial charge in [0.15, 0.2) is 0 Å². The van der Waals surface area contributed by atoms with Crippen LogP contribution in [-0.2, 0) is 30.5 Å². The van der Waals surface area contributed by atoms with E-state index in [1.165, 1.54) is 4.90 Å². The van der Waals surface area contributed by atoms with Crippen molar-refractivity contribution in [2.24, 2.45) is 11.7 Å². The largest absolute Gasteiger partial charge is 0.444 e. The van der Waals surface area contributed by atoms with Gasteiger partial charge in [-0.05, 0) is 30.7 Å². The van der Waals surface area contributed by atoms with Gasteiger partial charge in [-0.1, -0.05) is 50.6 Å². The molecule has 0 radical (unpaired) electrons. The molecule has 184 valence electrons. The molecule has 0 saturated carbocycles. The Morgan fingerprint density at radius 2 is 1.85 bits per heavy atom. The molecule has 10 nitrogen and oxygen atoms in total. The monoisotopic (exact) mass is 472 g/mol. The predicted octanol–water partition coefficient (Wildman–Crippen LogP) is 1.32. The first kappa shape index (κ1) is 25.2. The van der Waals surface area contributed by atoms with Crippen molar-refractivity contribution in [2.45, 2.75) is 70.7 Å². The fourth-order valence-electron chi connectivity index (χ4n) is 4.39. The van der Waals surface area contributed by atoms with Gasteiger partial charge in [0.05, 0.1) is 0 Å². The number of hydrogen-bond donors (Lipinski definition) is 2. The number of nitrogens with zero attached hydrogens (tertiary/aromatic N) is 2. The molecule has 1 aromatic rings. The summed E-state index contributed by atoms with van der Waals surface area (Å²) in [5.74, 6) is -2.30. The number of hydrogen-bond acceptors (Lipinski definition) is 6. The third-order valence-corrected chi connectivity index (χ3v) is 6.56. The van der Waals surface area contributed by atoms with Crippen molar-refractivity contribution in [2.75, 3.05) is 6.54 Å². The summed E-state index contributed by atoms with van der Waals surface area (Å²) in [5.41, 5.74) is 6.21. The van der Waals surface area contributed by atoms with Gasteiger partial charge in [-0.15, -0.1) is 0 Å². The number of nitrogens with two attached hydrogens (primary N) is 1. The number of rotatable bonds is 8. The molecule has 2 heterocycles. The van der Waals surface area contributed by atoms with Gasteiger partial charge in [0.2, 0.25) is 23.6 Å². The van der Waals surface area contributed by atoms with Gasteiger partial charge >= 0.3 is 6.09 Å². The summed E-state index contributed by atoms with van der Waals surface area (Å²) in [5, 5.41) is 2.74. The SMILES string of the molecule is CC[C@H](C)[C@H](NC(=O)[C@@H]1CCC(=O)N1C(=O)OCc1ccccc1)C(=O)N1CCC[C@H]1C(N)=O. The van der Waals surface area contributed by atoms with Crippen LogP contribution in [0.3, 0.4) is 0 Å². The van der Waals surface area contributed by atoms with Crippen molar-refractivity contribution in [3.63, 3.8) is 0 Å². The number of carbonyl (C=O) groups is 5. The van der Waals surface area contributed by atoms with E-state index in [0.717, 1.165) is 10.5 Å². The summed E-state index contributed by atoms with van der Waals surface area (Å²) in [7, 11) is 0. The van der Waals surface area contributed by atoms with Crippen LogP contribution in [0.15, 0.2) is 30.3 Å². The minimum Gasteiger partial charge on any atom is -0.444 e. The fraction of sp³-hybridized carbons (Fsp3) is 0.542. The van der Waals surface area contributed by atoms with Gasteiger partial charge in [0, 0.05) is 13.0 Å². The van der Waals surface area contributed by atoms with Crippen LogP contribution in [-0.4, -0.2) is 64.2 Å². The minimum absolute atomic E-state index is 0.0241. The molecule has 2 fully saturated rings. The van der Waals surface area contributed by atoms with Crippen LogP contribution in [0.1, 0.15) is 51.5 Å². The number of carbonyl (C=O) groups excluding carboxylic acids is 5. The Balaban J connectivity index is 1.70. The van der Waals surface area contributed by atoms with E-state index in [4.69, 9.17) is 10.5 Å². The molecule has 1 aromatic carbocycles. The van der Waals surface area contributed by atoms with Crippen molar-refractivity contribution >= 4 is 29.7 Å². The number of imide groups is 1. The lowest BCUT2D eigenvalue weighted by Crippen LogP contribution is -2.58. The molecule has 0 aromatic heterocycles. The molecule has 3 N–H and O–H groups in total. The Kier molecular flexibility index (Phi) is 8.25. The lowest BCUT2D eigenvalue weighted by atomic mass is 9.96. The standard InChI is InChI=1S/C24H32N4O6/c1-3-15(2)20(23(32)27-13-7-10-17(27)21(25)30)26-22(31)18-11-12-19(29)28(18)24(33)34-14-16-8-5-4-6-9-16/h4-6,8-9,15,17-18,20H,3,7,10-14H2,1-2H3,(H2,25,30)(H,26,31)/t15-,17-,18-,20-/m0/s1. The van der Waals surface area contributed by atoms with Crippen LogP contribution in [0.2, 0.25) is 0 Å². The van der Waals surface area contributed by atoms with Crippen LogP contribution >= 0.6 is 0 Å². The number of ether oxygens (including phenoxy) is 1. The van der Waals surface area contributed by atoms with E-state index < -0.39 is 41.9 Å². The summed E-state index contributed by atoms with van der Waals surface area (Å²) in [4.78, 5) is 65.5. The molecule has 34 heavy (non-hydrogen) atoms. The topological polar surface area (TPSA) is 139 Å². The molecule has 0 aliphatic carbocycles. The average molecular weight is 473 g/mol. The quantitative estimate of drug-likeness (QED) is 0.585. The van der Waals surface area contributed by atoms with Crippen LogP contribution in [0.5, 0.6) is 0 Å². The van der Waals surface area contributed by atoms with Gasteiger partial charge in [-0.25, -0.2) is 9.69 Å². The fourth-order valence-corrected chi connectivity index (χ4v) is 4.39. The van der Waals surface area contributed by atoms with E-state index in [1.54, 1.807) is 24.3 Å². The number of primary amides is 1. The second kappa shape index (κ2) is 11.1. The molecule has 5 amide bonds. The molecule has 2 saturated heterocycles. The zero-order valence-electron chi connectivity index (χ0n) is 19.6. The summed E-state index contributed by atoms with van der Waals surface area (Å²) in [6.45, 7) is 4.06. The molecular formula is C24H32N4O6. The second-order valence-electron chi connectivity index (χ2n) is 8.82. The molecule has 0 spiro atoms. The zero-order valence-corrected chi connectivity index (χ0v) is 19.6. The van der Waals surface area contributed by atoms with Crippen molar-refractivity contribution in [3.8, 4) is 0 Å². The first-order valence-electron chi connectivity index (χ1n) is 11.7. The minimum atomic E-state index is -1.07. The summed E-state index contributed by atoms with van der Waals surface area (Å²) >= 11 is 0. The first-order valence-corrected chi connectivity index (χ1v) is 11.7. The van der Waals surface area contributed by atoms with Gasteiger partial charge < -0.3 is 20.7 Å². The lowest BCUT2D eigenvalue weighted by Gasteiger charge is -2.32. The molecule has 2 aliphatic rings. The molecule has 10 heteroatoms. The smallest absolute Gasteiger partial charge is 0.417 e. The van der Waals surface area contributed by atoms with Crippen molar-refractivity contribution in [3.05, 3.63) is 35.9 Å². The Hall–Kier alpha value is -3.43. The number of likely N-dealkylation sites (tertiary alicyclic amines) is 2. The molecule has 0 bridgehead atoms. The summed E-state index contributed by atoms with van der Waals surface area (Å²) in [6, 6.07) is 6.32. The van der Waals surface area contributed by atoms with Crippen LogP contribution in [0, 0.1) is 5.92 Å². The van der Waals surface area contributed by atoms with Crippen LogP contribution in [0.25, 0.3) is 0 Å². The highest BCUT2D eigenvalue weighted by molar-refractivity contribution is 6.01. The van der Waals surface area contributed by atoms with Gasteiger partial charge in [0.1, 0.15) is 24.7 Å². The van der Waals surface area contributed by atoms with Crippen molar-refractivity contribution in [1.82, 2.24) is 15.1 Å². The van der Waals surface area contributed by atoms with E-state index in [-0.39, 0.29) is 31.3 Å². The molecule has 2 aliphatic heterocycles. The third kappa shape index (κ3) is 5.55. The maximum atomic E-state index is 13.3. The second-order valence-corrected chi connectivity index (χ2v) is 8.82. The highest BCUT2D eigenvalue weighted by atomic mass is 16.6. The van der Waals surface area contributed by atoms with Gasteiger partial charge in [-0.2, -0.15) is 0 Å². The van der Waals surface area contributed by atoms with Crippen LogP contribution < -0.4 is 11.1 Å². The van der Waals surface area contributed by atoms with E-state index in [1.807, 2.05) is 19.9 Å². The predicted molar refractivity (Wildman–Crippen MR) is 122 cm³/mol. The zero-order chi connectivity index (χ0) is 24.8. The summed E-state index contributed by atoms with van der Waals surface area (Å²) in [6.07, 6.45) is 1.000. The maximum Gasteiger partial charge on any atom is 0.417 e. The molecule has 0 unspecified atom stereocenters. The lowest BCUT2D eigenvalue weighted by molar-refractivity contribution is -0.142. The van der Waals surface area contributed by atoms with E-state index in [0.29, 0.717) is 25.8 Å². The number of benzene rings is 1. The summed E-state index contributed by atoms with van der Waals surface area (Å²) < 4.78 is 5.27. The normalized spacial score (nSPS) is 21.8. The van der Waals surface area contributed by atoms with Crippen LogP contribution in [0.4, 0.5) is 4.79 Å². The third-order valence-electron chi connectivity index (χ3n) is 6.56. The average Bonchev–Trinajstić information content (AvgIpc) is 3.48. The molecule has 3 rings (SSSR count). The van der Waals surface area contributed by atoms with Crippen molar-refractivity contribution < 1.29 is 28.7 Å². The van der Waals surface area contributed by atoms with Crippen molar-refractivity contribution in [1.29, 1.82) is 0 Å². The van der Waals surface area contributed by atoms with Gasteiger partial charge in [0.25, 0.3) is 0 Å². The Bertz CT molecular complexity index is 937. The molecule has 4 atom stereocenters. The Labute approximate surface area is 198 Å². The number of amides is 5. The number of nitrogens with one attached hydrogen (secondary N) is 1. The van der Waals surface area contributed by atoms with E-state index in [2.05, 4.69) is 5.32 Å². The Morgan fingerprint density at radius 1 is 1.15 bits per heavy atom. The highest BCUT2D eigenvalue weighted by Crippen LogP contribution is 2.24. The Morgan fingerprint density at radius 3 is 2.50 bits per heavy atom. The maximum absolute atomic E-state index is 13.3. The van der Waals surface area contributed by atoms with E-state index >= 15 is 0 Å². The van der Waals surface area contributed by atoms with Gasteiger partial charge in [-0.3, -0.25) is 19.2 Å². The first-order chi connectivity index (χ1) is 16.2. The van der Waals surface area contributed by atoms with E-state index in [9.17, 15) is 24.0 Å². The molecular weight excluding hydrogens is 440 g/mol.